The van der Waals surface area contributed by atoms with E-state index in [0.29, 0.717) is 27.3 Å². The predicted molar refractivity (Wildman–Crippen MR) is 113 cm³/mol. The van der Waals surface area contributed by atoms with Crippen LogP contribution in [0.2, 0.25) is 0 Å². The highest BCUT2D eigenvalue weighted by Crippen LogP contribution is 2.40. The van der Waals surface area contributed by atoms with Crippen molar-refractivity contribution in [2.75, 3.05) is 28.4 Å². The third-order valence-corrected chi connectivity index (χ3v) is 5.31. The molecule has 1 fully saturated rings. The highest BCUT2D eigenvalue weighted by atomic mass is 32.2. The van der Waals surface area contributed by atoms with Crippen molar-refractivity contribution in [2.45, 2.75) is 6.92 Å². The Balaban J connectivity index is 1.95. The summed E-state index contributed by atoms with van der Waals surface area (Å²) in [6, 6.07) is 11.5. The molecule has 7 heteroatoms. The van der Waals surface area contributed by atoms with E-state index in [-0.39, 0.29) is 5.91 Å². The van der Waals surface area contributed by atoms with Crippen LogP contribution in [-0.4, -0.2) is 44.4 Å². The maximum Gasteiger partial charge on any atom is 0.266 e. The van der Waals surface area contributed by atoms with Crippen molar-refractivity contribution in [3.8, 4) is 17.2 Å². The third kappa shape index (κ3) is 3.99. The number of hydrogen-bond acceptors (Lipinski definition) is 6. The van der Waals surface area contributed by atoms with Crippen LogP contribution in [0.3, 0.4) is 0 Å². The number of amides is 1. The SMILES string of the molecule is COc1cc(/C=C2/SC(=Nc3ccc(C)cc3)N(C)C2=O)cc(OC)c1OC. The van der Waals surface area contributed by atoms with E-state index in [2.05, 4.69) is 4.99 Å². The lowest BCUT2D eigenvalue weighted by atomic mass is 10.1. The minimum Gasteiger partial charge on any atom is -0.493 e. The number of carbonyl (C=O) groups excluding carboxylic acids is 1. The van der Waals surface area contributed by atoms with Crippen molar-refractivity contribution >= 4 is 34.6 Å². The molecule has 0 radical (unpaired) electrons. The average Bonchev–Trinajstić information content (AvgIpc) is 2.96. The van der Waals surface area contributed by atoms with Gasteiger partial charge in [0.1, 0.15) is 0 Å². The van der Waals surface area contributed by atoms with E-state index in [1.54, 1.807) is 51.5 Å². The fourth-order valence-corrected chi connectivity index (χ4v) is 3.70. The zero-order chi connectivity index (χ0) is 20.3. The first kappa shape index (κ1) is 19.8. The van der Waals surface area contributed by atoms with Crippen LogP contribution < -0.4 is 14.2 Å². The molecule has 1 aliphatic heterocycles. The molecule has 0 aromatic heterocycles. The van der Waals surface area contributed by atoms with Gasteiger partial charge in [0.05, 0.1) is 31.9 Å². The molecule has 2 aromatic carbocycles. The van der Waals surface area contributed by atoms with Crippen LogP contribution in [-0.2, 0) is 4.79 Å². The van der Waals surface area contributed by atoms with E-state index in [0.717, 1.165) is 16.8 Å². The second kappa shape index (κ2) is 8.39. The molecule has 0 aliphatic carbocycles. The van der Waals surface area contributed by atoms with Crippen molar-refractivity contribution < 1.29 is 19.0 Å². The lowest BCUT2D eigenvalue weighted by Gasteiger charge is -2.13. The summed E-state index contributed by atoms with van der Waals surface area (Å²) in [4.78, 5) is 19.4. The van der Waals surface area contributed by atoms with Gasteiger partial charge in [-0.15, -0.1) is 0 Å². The Hall–Kier alpha value is -2.93. The Morgan fingerprint density at radius 3 is 2.14 bits per heavy atom. The van der Waals surface area contributed by atoms with Gasteiger partial charge in [0.25, 0.3) is 5.91 Å². The molecule has 1 saturated heterocycles. The highest BCUT2D eigenvalue weighted by molar-refractivity contribution is 8.18. The maximum atomic E-state index is 12.7. The molecule has 146 valence electrons. The van der Waals surface area contributed by atoms with E-state index in [9.17, 15) is 4.79 Å². The van der Waals surface area contributed by atoms with Gasteiger partial charge in [0.2, 0.25) is 5.75 Å². The number of carbonyl (C=O) groups is 1. The Morgan fingerprint density at radius 1 is 1.00 bits per heavy atom. The Bertz CT molecular complexity index is 926. The summed E-state index contributed by atoms with van der Waals surface area (Å²) in [5, 5.41) is 0.632. The fourth-order valence-electron chi connectivity index (χ4n) is 2.72. The second-order valence-electron chi connectivity index (χ2n) is 6.16. The predicted octanol–water partition coefficient (Wildman–Crippen LogP) is 4.25. The molecule has 0 N–H and O–H groups in total. The fraction of sp³-hybridized carbons (Fsp3) is 0.238. The van der Waals surface area contributed by atoms with Gasteiger partial charge in [-0.3, -0.25) is 9.69 Å². The van der Waals surface area contributed by atoms with Crippen LogP contribution in [0.25, 0.3) is 6.08 Å². The van der Waals surface area contributed by atoms with Gasteiger partial charge < -0.3 is 14.2 Å². The topological polar surface area (TPSA) is 60.4 Å². The summed E-state index contributed by atoms with van der Waals surface area (Å²) in [5.41, 5.74) is 2.74. The van der Waals surface area contributed by atoms with E-state index < -0.39 is 0 Å². The van der Waals surface area contributed by atoms with Crippen molar-refractivity contribution in [1.29, 1.82) is 0 Å². The normalized spacial score (nSPS) is 16.8. The van der Waals surface area contributed by atoms with Crippen LogP contribution in [0.5, 0.6) is 17.2 Å². The third-order valence-electron chi connectivity index (χ3n) is 4.25. The van der Waals surface area contributed by atoms with Crippen LogP contribution in [0.1, 0.15) is 11.1 Å². The number of benzene rings is 2. The zero-order valence-electron chi connectivity index (χ0n) is 16.5. The van der Waals surface area contributed by atoms with Gasteiger partial charge in [0.15, 0.2) is 16.7 Å². The van der Waals surface area contributed by atoms with Crippen LogP contribution in [0.4, 0.5) is 5.69 Å². The molecule has 1 amide bonds. The molecule has 0 atom stereocenters. The molecule has 28 heavy (non-hydrogen) atoms. The van der Waals surface area contributed by atoms with Crippen molar-refractivity contribution in [2.24, 2.45) is 4.99 Å². The molecule has 0 bridgehead atoms. The first-order valence-corrected chi connectivity index (χ1v) is 9.41. The molecule has 0 unspecified atom stereocenters. The summed E-state index contributed by atoms with van der Waals surface area (Å²) >= 11 is 1.33. The highest BCUT2D eigenvalue weighted by Gasteiger charge is 2.30. The Morgan fingerprint density at radius 2 is 1.61 bits per heavy atom. The number of ether oxygens (including phenoxy) is 3. The van der Waals surface area contributed by atoms with E-state index in [1.807, 2.05) is 31.2 Å². The number of aryl methyl sites for hydroxylation is 1. The molecule has 0 saturated carbocycles. The minimum absolute atomic E-state index is 0.107. The van der Waals surface area contributed by atoms with Gasteiger partial charge in [0, 0.05) is 7.05 Å². The van der Waals surface area contributed by atoms with Crippen molar-refractivity contribution in [3.05, 3.63) is 52.4 Å². The average molecular weight is 398 g/mol. The van der Waals surface area contributed by atoms with Crippen molar-refractivity contribution in [3.63, 3.8) is 0 Å². The summed E-state index contributed by atoms with van der Waals surface area (Å²) in [5.74, 6) is 1.47. The number of rotatable bonds is 5. The molecule has 1 aliphatic rings. The Labute approximate surface area is 168 Å². The van der Waals surface area contributed by atoms with Crippen LogP contribution in [0.15, 0.2) is 46.3 Å². The van der Waals surface area contributed by atoms with E-state index in [4.69, 9.17) is 14.2 Å². The van der Waals surface area contributed by atoms with Crippen LogP contribution in [0, 0.1) is 6.92 Å². The van der Waals surface area contributed by atoms with Gasteiger partial charge in [-0.25, -0.2) is 4.99 Å². The smallest absolute Gasteiger partial charge is 0.266 e. The number of methoxy groups -OCH3 is 3. The first-order chi connectivity index (χ1) is 13.5. The summed E-state index contributed by atoms with van der Waals surface area (Å²) < 4.78 is 16.1. The lowest BCUT2D eigenvalue weighted by molar-refractivity contribution is -0.121. The molecule has 0 spiro atoms. The number of likely N-dealkylation sites (N-methyl/N-ethyl adjacent to an activating group) is 1. The molecule has 3 rings (SSSR count). The molecule has 6 nitrogen and oxygen atoms in total. The van der Waals surface area contributed by atoms with E-state index in [1.165, 1.54) is 11.8 Å². The van der Waals surface area contributed by atoms with Gasteiger partial charge in [-0.05, 0) is 54.6 Å². The van der Waals surface area contributed by atoms with Gasteiger partial charge >= 0.3 is 0 Å². The zero-order valence-corrected chi connectivity index (χ0v) is 17.3. The van der Waals surface area contributed by atoms with Gasteiger partial charge in [-0.1, -0.05) is 17.7 Å². The van der Waals surface area contributed by atoms with Gasteiger partial charge in [-0.2, -0.15) is 0 Å². The number of hydrogen-bond donors (Lipinski definition) is 0. The number of amidine groups is 1. The molecule has 1 heterocycles. The van der Waals surface area contributed by atoms with E-state index >= 15 is 0 Å². The summed E-state index contributed by atoms with van der Waals surface area (Å²) in [6.45, 7) is 2.02. The summed E-state index contributed by atoms with van der Waals surface area (Å²) in [7, 11) is 6.39. The lowest BCUT2D eigenvalue weighted by Crippen LogP contribution is -2.23. The molecular weight excluding hydrogens is 376 g/mol. The second-order valence-corrected chi connectivity index (χ2v) is 7.17. The number of aliphatic imine (C=N–C) groups is 1. The molecular formula is C21H22N2O4S. The quantitative estimate of drug-likeness (QED) is 0.705. The number of thioether (sulfide) groups is 1. The molecule has 2 aromatic rings. The minimum atomic E-state index is -0.107. The standard InChI is InChI=1S/C21H22N2O4S/c1-13-6-8-15(9-7-13)22-21-23(2)20(24)18(28-21)12-14-10-16(25-3)19(27-5)17(11-14)26-4/h6-12H,1-5H3/b18-12+,22-21?. The number of nitrogens with zero attached hydrogens (tertiary/aromatic N) is 2. The Kier molecular flexibility index (Phi) is 5.94. The summed E-state index contributed by atoms with van der Waals surface area (Å²) in [6.07, 6.45) is 1.80. The van der Waals surface area contributed by atoms with Crippen LogP contribution >= 0.6 is 11.8 Å². The largest absolute Gasteiger partial charge is 0.493 e. The maximum absolute atomic E-state index is 12.7. The van der Waals surface area contributed by atoms with Crippen molar-refractivity contribution in [1.82, 2.24) is 4.90 Å². The first-order valence-electron chi connectivity index (χ1n) is 8.59. The monoisotopic (exact) mass is 398 g/mol.